The third kappa shape index (κ3) is 2.88. The van der Waals surface area contributed by atoms with Gasteiger partial charge in [0.25, 0.3) is 0 Å². The van der Waals surface area contributed by atoms with Gasteiger partial charge in [0.1, 0.15) is 0 Å². The zero-order chi connectivity index (χ0) is 19.1. The van der Waals surface area contributed by atoms with Gasteiger partial charge in [-0.1, -0.05) is 11.8 Å². The van der Waals surface area contributed by atoms with Gasteiger partial charge in [0.2, 0.25) is 0 Å². The molecule has 0 unspecified atom stereocenters. The normalized spacial score (nSPS) is 12.9. The van der Waals surface area contributed by atoms with Crippen molar-refractivity contribution in [2.24, 2.45) is 0 Å². The lowest BCUT2D eigenvalue weighted by atomic mass is 10.2. The molecular weight excluding hydrogens is 344 g/mol. The van der Waals surface area contributed by atoms with Crippen molar-refractivity contribution in [3.63, 3.8) is 0 Å². The minimum Gasteiger partial charge on any atom is -0.355 e. The Bertz CT molecular complexity index is 1380. The predicted molar refractivity (Wildman–Crippen MR) is 113 cm³/mol. The molecule has 0 fully saturated rings. The van der Waals surface area contributed by atoms with Crippen LogP contribution in [0.3, 0.4) is 0 Å². The Morgan fingerprint density at radius 2 is 1.57 bits per heavy atom. The first-order valence-corrected chi connectivity index (χ1v) is 9.05. The van der Waals surface area contributed by atoms with Gasteiger partial charge in [-0.15, -0.1) is 12.8 Å². The molecule has 0 radical (unpaired) electrons. The first kappa shape index (κ1) is 16.2. The summed E-state index contributed by atoms with van der Waals surface area (Å²) in [6.07, 6.45) is 15.0. The number of rotatable bonds is 0. The predicted octanol–water partition coefficient (Wildman–Crippen LogP) is 4.26. The number of fused-ring (bicyclic) bond motifs is 8. The molecule has 5 rings (SSSR count). The lowest BCUT2D eigenvalue weighted by Crippen LogP contribution is -1.80. The molecule has 28 heavy (non-hydrogen) atoms. The molecule has 2 N–H and O–H groups in total. The van der Waals surface area contributed by atoms with E-state index in [-0.39, 0.29) is 0 Å². The maximum absolute atomic E-state index is 5.70. The summed E-state index contributed by atoms with van der Waals surface area (Å²) in [6, 6.07) is 14.0. The molecule has 0 saturated heterocycles. The average Bonchev–Trinajstić information content (AvgIpc) is 3.45. The van der Waals surface area contributed by atoms with E-state index in [2.05, 4.69) is 26.8 Å². The molecule has 0 saturated carbocycles. The first-order valence-electron chi connectivity index (χ1n) is 9.05. The summed E-state index contributed by atoms with van der Waals surface area (Å²) in [4.78, 5) is 16.2. The second-order valence-corrected chi connectivity index (χ2v) is 6.86. The highest BCUT2D eigenvalue weighted by Crippen LogP contribution is 2.22. The number of aromatic amines is 2. The van der Waals surface area contributed by atoms with Gasteiger partial charge < -0.3 is 9.97 Å². The van der Waals surface area contributed by atoms with Gasteiger partial charge in [0.05, 0.1) is 22.5 Å². The van der Waals surface area contributed by atoms with Gasteiger partial charge in [-0.3, -0.25) is 4.98 Å². The van der Waals surface area contributed by atoms with Crippen molar-refractivity contribution in [1.29, 1.82) is 0 Å². The summed E-state index contributed by atoms with van der Waals surface area (Å²) in [5.74, 6) is 5.48. The summed E-state index contributed by atoms with van der Waals surface area (Å²) in [5.41, 5.74) is 8.95. The third-order valence-electron chi connectivity index (χ3n) is 4.88. The van der Waals surface area contributed by atoms with Crippen LogP contribution in [0.25, 0.3) is 33.7 Å². The van der Waals surface area contributed by atoms with E-state index in [0.717, 1.165) is 68.8 Å². The Morgan fingerprint density at radius 3 is 2.36 bits per heavy atom. The lowest BCUT2D eigenvalue weighted by Gasteiger charge is -1.88. The highest BCUT2D eigenvalue weighted by Gasteiger charge is 2.11. The number of H-pyrrole nitrogens is 2. The van der Waals surface area contributed by atoms with Crippen molar-refractivity contribution in [2.45, 2.75) is 12.8 Å². The molecule has 4 nitrogen and oxygen atoms in total. The van der Waals surface area contributed by atoms with Crippen molar-refractivity contribution in [2.75, 3.05) is 0 Å². The van der Waals surface area contributed by atoms with E-state index in [9.17, 15) is 0 Å². The number of allylic oxidation sites excluding steroid dienone is 1. The molecule has 0 amide bonds. The maximum atomic E-state index is 5.70. The molecule has 0 aromatic carbocycles. The van der Waals surface area contributed by atoms with Crippen molar-refractivity contribution in [3.8, 4) is 24.7 Å². The largest absolute Gasteiger partial charge is 0.355 e. The van der Waals surface area contributed by atoms with E-state index in [4.69, 9.17) is 17.8 Å². The van der Waals surface area contributed by atoms with E-state index in [1.807, 2.05) is 48.5 Å². The van der Waals surface area contributed by atoms with Crippen molar-refractivity contribution < 1.29 is 0 Å². The van der Waals surface area contributed by atoms with Crippen LogP contribution in [0.4, 0.5) is 0 Å². The van der Waals surface area contributed by atoms with Crippen LogP contribution in [-0.4, -0.2) is 19.9 Å². The highest BCUT2D eigenvalue weighted by atomic mass is 14.8. The SMILES string of the molecule is C#CC1=Cc2cc3nc(cc4[nH]c(cc4C#C)cc4ccc(cc1n2)[nH]4)CC3. The minimum absolute atomic E-state index is 0.775. The Hall–Kier alpha value is -4.02. The summed E-state index contributed by atoms with van der Waals surface area (Å²) in [5, 5.41) is 0. The van der Waals surface area contributed by atoms with Gasteiger partial charge in [-0.2, -0.15) is 0 Å². The minimum atomic E-state index is 0.775. The van der Waals surface area contributed by atoms with Crippen LogP contribution in [0.15, 0.2) is 42.5 Å². The van der Waals surface area contributed by atoms with E-state index in [1.165, 1.54) is 0 Å². The van der Waals surface area contributed by atoms with Crippen LogP contribution < -0.4 is 0 Å². The fourth-order valence-corrected chi connectivity index (χ4v) is 3.57. The molecule has 2 aliphatic rings. The number of hydrogen-bond acceptors (Lipinski definition) is 2. The molecule has 132 valence electrons. The Kier molecular flexibility index (Phi) is 3.64. The van der Waals surface area contributed by atoms with Crippen LogP contribution in [-0.2, 0) is 12.8 Å². The molecule has 3 aromatic heterocycles. The number of hydrogen-bond donors (Lipinski definition) is 2. The fourth-order valence-electron chi connectivity index (χ4n) is 3.57. The van der Waals surface area contributed by atoms with Crippen LogP contribution in [0, 0.1) is 24.7 Å². The summed E-state index contributed by atoms with van der Waals surface area (Å²) >= 11 is 0. The number of terminal acetylenes is 2. The summed E-state index contributed by atoms with van der Waals surface area (Å²) in [7, 11) is 0. The molecule has 4 heteroatoms. The lowest BCUT2D eigenvalue weighted by molar-refractivity contribution is 1.02. The molecule has 0 spiro atoms. The van der Waals surface area contributed by atoms with E-state index in [1.54, 1.807) is 0 Å². The van der Waals surface area contributed by atoms with E-state index in [0.29, 0.717) is 0 Å². The maximum Gasteiger partial charge on any atom is 0.0814 e. The topological polar surface area (TPSA) is 57.4 Å². The van der Waals surface area contributed by atoms with Crippen LogP contribution >= 0.6 is 0 Å². The summed E-state index contributed by atoms with van der Waals surface area (Å²) < 4.78 is 0. The monoisotopic (exact) mass is 360 g/mol. The zero-order valence-corrected chi connectivity index (χ0v) is 15.1. The van der Waals surface area contributed by atoms with E-state index < -0.39 is 0 Å². The molecule has 3 aromatic rings. The van der Waals surface area contributed by atoms with Gasteiger partial charge in [-0.25, -0.2) is 4.98 Å². The highest BCUT2D eigenvalue weighted by molar-refractivity contribution is 5.92. The van der Waals surface area contributed by atoms with Crippen molar-refractivity contribution in [1.82, 2.24) is 19.9 Å². The van der Waals surface area contributed by atoms with E-state index >= 15 is 0 Å². The third-order valence-corrected chi connectivity index (χ3v) is 4.88. The number of aromatic nitrogens is 4. The average molecular weight is 360 g/mol. The molecule has 5 heterocycles. The van der Waals surface area contributed by atoms with Crippen LogP contribution in [0.2, 0.25) is 0 Å². The Labute approximate surface area is 162 Å². The van der Waals surface area contributed by atoms with Crippen molar-refractivity contribution >= 4 is 33.7 Å². The number of nitrogens with one attached hydrogen (secondary N) is 2. The van der Waals surface area contributed by atoms with Gasteiger partial charge in [-0.05, 0) is 61.4 Å². The number of aryl methyl sites for hydroxylation is 2. The Morgan fingerprint density at radius 1 is 0.786 bits per heavy atom. The van der Waals surface area contributed by atoms with Gasteiger partial charge in [0.15, 0.2) is 0 Å². The van der Waals surface area contributed by atoms with Gasteiger partial charge in [0, 0.05) is 33.5 Å². The second-order valence-electron chi connectivity index (χ2n) is 6.86. The molecule has 2 aliphatic heterocycles. The zero-order valence-electron chi connectivity index (χ0n) is 15.1. The second kappa shape index (κ2) is 6.30. The van der Waals surface area contributed by atoms with Crippen LogP contribution in [0.1, 0.15) is 28.3 Å². The Balaban J connectivity index is 1.87. The van der Waals surface area contributed by atoms with Crippen molar-refractivity contribution in [3.05, 3.63) is 70.8 Å². The van der Waals surface area contributed by atoms with Gasteiger partial charge >= 0.3 is 0 Å². The quantitative estimate of drug-likeness (QED) is 0.589. The standard InChI is InChI=1S/C24H16N4/c1-3-15-9-21-11-17-6-8-20(26-17)14-24-16(4-2)10-22(28-24)12-18-5-7-19(25-18)13-23(15)27-21/h1-2,5,7,9-14,25,28H,6,8H2. The molecule has 0 atom stereocenters. The molecular formula is C24H16N4. The smallest absolute Gasteiger partial charge is 0.0814 e. The fraction of sp³-hybridized carbons (Fsp3) is 0.0833. The molecule has 8 bridgehead atoms. The first-order chi connectivity index (χ1) is 13.7. The molecule has 0 aliphatic carbocycles. The number of nitrogens with zero attached hydrogens (tertiary/aromatic N) is 2. The summed E-state index contributed by atoms with van der Waals surface area (Å²) in [6.45, 7) is 0. The van der Waals surface area contributed by atoms with Crippen LogP contribution in [0.5, 0.6) is 0 Å².